The highest BCUT2D eigenvalue weighted by molar-refractivity contribution is 6.06. The Labute approximate surface area is 167 Å². The van der Waals surface area contributed by atoms with Gasteiger partial charge >= 0.3 is 0 Å². The Kier molecular flexibility index (Phi) is 5.12. The Hall–Kier alpha value is -3.13. The summed E-state index contributed by atoms with van der Waals surface area (Å²) in [7, 11) is 2.15. The number of aryl methyl sites for hydroxylation is 1. The van der Waals surface area contributed by atoms with E-state index in [-0.39, 0.29) is 0 Å². The van der Waals surface area contributed by atoms with Crippen molar-refractivity contribution >= 4 is 39.5 Å². The van der Waals surface area contributed by atoms with Crippen LogP contribution >= 0.6 is 0 Å². The van der Waals surface area contributed by atoms with Gasteiger partial charge in [-0.05, 0) is 49.8 Å². The molecule has 4 aromatic rings. The average Bonchev–Trinajstić information content (AvgIpc) is 2.75. The summed E-state index contributed by atoms with van der Waals surface area (Å²) in [6.07, 6.45) is 4.45. The molecule has 0 aliphatic rings. The fraction of sp³-hybridized carbons (Fsp3) is 0.192. The van der Waals surface area contributed by atoms with Crippen LogP contribution in [0.5, 0.6) is 0 Å². The molecule has 0 atom stereocenters. The monoisotopic (exact) mass is 367 g/mol. The molecular formula is C26H27N2+. The SMILES string of the molecule is CCN(CC)c1ccc(/C=C/c2c3ccccc3c3ccccc3[n+]2C)cc1. The van der Waals surface area contributed by atoms with Gasteiger partial charge in [-0.25, -0.2) is 0 Å². The number of pyridine rings is 1. The lowest BCUT2D eigenvalue weighted by molar-refractivity contribution is -0.645. The number of hydrogen-bond acceptors (Lipinski definition) is 1. The summed E-state index contributed by atoms with van der Waals surface area (Å²) in [5, 5.41) is 3.87. The molecule has 0 saturated carbocycles. The largest absolute Gasteiger partial charge is 0.372 e. The lowest BCUT2D eigenvalue weighted by Gasteiger charge is -2.20. The van der Waals surface area contributed by atoms with Crippen molar-refractivity contribution in [1.29, 1.82) is 0 Å². The molecule has 2 nitrogen and oxygen atoms in total. The summed E-state index contributed by atoms with van der Waals surface area (Å²) < 4.78 is 2.29. The number of para-hydroxylation sites is 1. The molecule has 2 heteroatoms. The van der Waals surface area contributed by atoms with Gasteiger partial charge in [0.1, 0.15) is 7.05 Å². The molecule has 0 N–H and O–H groups in total. The molecule has 0 bridgehead atoms. The van der Waals surface area contributed by atoms with E-state index in [2.05, 4.69) is 115 Å². The van der Waals surface area contributed by atoms with Crippen LogP contribution in [-0.2, 0) is 7.05 Å². The summed E-state index contributed by atoms with van der Waals surface area (Å²) in [4.78, 5) is 2.37. The maximum absolute atomic E-state index is 2.37. The van der Waals surface area contributed by atoms with Crippen LogP contribution in [0.2, 0.25) is 0 Å². The van der Waals surface area contributed by atoms with E-state index in [1.165, 1.54) is 38.6 Å². The molecule has 0 radical (unpaired) electrons. The van der Waals surface area contributed by atoms with Crippen LogP contribution in [0.25, 0.3) is 33.8 Å². The molecule has 140 valence electrons. The Balaban J connectivity index is 1.78. The minimum Gasteiger partial charge on any atom is -0.372 e. The maximum Gasteiger partial charge on any atom is 0.213 e. The van der Waals surface area contributed by atoms with E-state index in [4.69, 9.17) is 0 Å². The van der Waals surface area contributed by atoms with Crippen LogP contribution in [-0.4, -0.2) is 13.1 Å². The average molecular weight is 368 g/mol. The zero-order valence-electron chi connectivity index (χ0n) is 16.9. The van der Waals surface area contributed by atoms with Gasteiger partial charge in [0.05, 0.1) is 10.8 Å². The Morgan fingerprint density at radius 2 is 1.32 bits per heavy atom. The normalized spacial score (nSPS) is 11.5. The Bertz CT molecular complexity index is 1140. The molecule has 28 heavy (non-hydrogen) atoms. The standard InChI is InChI=1S/C26H27N2/c1-4-28(5-2)21-17-14-20(15-18-21)16-19-26-24-11-7-6-10-22(24)23-12-8-9-13-25(23)27(26)3/h6-19H,4-5H2,1-3H3/q+1. The minimum atomic E-state index is 1.03. The zero-order chi connectivity index (χ0) is 19.5. The van der Waals surface area contributed by atoms with Gasteiger partial charge in [-0.1, -0.05) is 42.5 Å². The molecule has 0 unspecified atom stereocenters. The van der Waals surface area contributed by atoms with E-state index in [1.54, 1.807) is 0 Å². The van der Waals surface area contributed by atoms with Crippen LogP contribution in [0.3, 0.4) is 0 Å². The van der Waals surface area contributed by atoms with Crippen molar-refractivity contribution in [2.75, 3.05) is 18.0 Å². The van der Waals surface area contributed by atoms with Crippen LogP contribution in [0, 0.1) is 0 Å². The van der Waals surface area contributed by atoms with Gasteiger partial charge in [-0.2, -0.15) is 4.57 Å². The third-order valence-corrected chi connectivity index (χ3v) is 5.58. The molecule has 1 heterocycles. The van der Waals surface area contributed by atoms with Crippen molar-refractivity contribution in [3.05, 3.63) is 84.1 Å². The van der Waals surface area contributed by atoms with Gasteiger partial charge in [0.2, 0.25) is 11.2 Å². The van der Waals surface area contributed by atoms with Gasteiger partial charge in [-0.3, -0.25) is 0 Å². The molecule has 0 fully saturated rings. The summed E-state index contributed by atoms with van der Waals surface area (Å²) in [6.45, 7) is 6.46. The van der Waals surface area contributed by atoms with E-state index in [0.717, 1.165) is 13.1 Å². The summed E-state index contributed by atoms with van der Waals surface area (Å²) >= 11 is 0. The zero-order valence-corrected chi connectivity index (χ0v) is 16.9. The molecule has 4 rings (SSSR count). The van der Waals surface area contributed by atoms with Crippen molar-refractivity contribution in [2.45, 2.75) is 13.8 Å². The fourth-order valence-corrected chi connectivity index (χ4v) is 4.01. The molecule has 0 saturated heterocycles. The van der Waals surface area contributed by atoms with E-state index in [1.807, 2.05) is 0 Å². The van der Waals surface area contributed by atoms with Crippen LogP contribution < -0.4 is 9.47 Å². The molecule has 0 amide bonds. The van der Waals surface area contributed by atoms with Crippen molar-refractivity contribution in [3.8, 4) is 0 Å². The second-order valence-corrected chi connectivity index (χ2v) is 7.10. The quantitative estimate of drug-likeness (QED) is 0.318. The second kappa shape index (κ2) is 7.85. The van der Waals surface area contributed by atoms with Crippen molar-refractivity contribution in [2.24, 2.45) is 7.05 Å². The van der Waals surface area contributed by atoms with E-state index < -0.39 is 0 Å². The van der Waals surface area contributed by atoms with Gasteiger partial charge in [0.15, 0.2) is 0 Å². The highest BCUT2D eigenvalue weighted by Crippen LogP contribution is 2.26. The summed E-state index contributed by atoms with van der Waals surface area (Å²) in [5.41, 5.74) is 4.97. The first-order valence-electron chi connectivity index (χ1n) is 10.1. The third-order valence-electron chi connectivity index (χ3n) is 5.58. The van der Waals surface area contributed by atoms with E-state index in [9.17, 15) is 0 Å². The van der Waals surface area contributed by atoms with Crippen LogP contribution in [0.1, 0.15) is 25.1 Å². The van der Waals surface area contributed by atoms with Crippen molar-refractivity contribution in [3.63, 3.8) is 0 Å². The highest BCUT2D eigenvalue weighted by Gasteiger charge is 2.15. The highest BCUT2D eigenvalue weighted by atomic mass is 15.1. The Morgan fingerprint density at radius 3 is 2.00 bits per heavy atom. The van der Waals surface area contributed by atoms with Crippen molar-refractivity contribution < 1.29 is 4.57 Å². The third kappa shape index (κ3) is 3.27. The van der Waals surface area contributed by atoms with E-state index in [0.29, 0.717) is 0 Å². The lowest BCUT2D eigenvalue weighted by atomic mass is 10.0. The Morgan fingerprint density at radius 1 is 0.714 bits per heavy atom. The lowest BCUT2D eigenvalue weighted by Crippen LogP contribution is -2.33. The minimum absolute atomic E-state index is 1.03. The number of benzene rings is 3. The molecular weight excluding hydrogens is 340 g/mol. The van der Waals surface area contributed by atoms with Crippen molar-refractivity contribution in [1.82, 2.24) is 0 Å². The molecule has 0 aliphatic carbocycles. The first-order valence-corrected chi connectivity index (χ1v) is 10.1. The van der Waals surface area contributed by atoms with Crippen LogP contribution in [0.4, 0.5) is 5.69 Å². The van der Waals surface area contributed by atoms with Gasteiger partial charge in [0.25, 0.3) is 0 Å². The number of anilines is 1. The predicted octanol–water partition coefficient (Wildman–Crippen LogP) is 5.83. The predicted molar refractivity (Wildman–Crippen MR) is 122 cm³/mol. The molecule has 0 spiro atoms. The van der Waals surface area contributed by atoms with Gasteiger partial charge in [0, 0.05) is 36.3 Å². The van der Waals surface area contributed by atoms with Gasteiger partial charge in [-0.15, -0.1) is 0 Å². The number of nitrogens with zero attached hydrogens (tertiary/aromatic N) is 2. The summed E-state index contributed by atoms with van der Waals surface area (Å²) in [5.74, 6) is 0. The number of rotatable bonds is 5. The van der Waals surface area contributed by atoms with Gasteiger partial charge < -0.3 is 4.90 Å². The maximum atomic E-state index is 2.37. The number of aromatic nitrogens is 1. The second-order valence-electron chi connectivity index (χ2n) is 7.10. The van der Waals surface area contributed by atoms with E-state index >= 15 is 0 Å². The molecule has 1 aromatic heterocycles. The topological polar surface area (TPSA) is 7.12 Å². The number of hydrogen-bond donors (Lipinski definition) is 0. The smallest absolute Gasteiger partial charge is 0.213 e. The first kappa shape index (κ1) is 18.2. The summed E-state index contributed by atoms with van der Waals surface area (Å²) in [6, 6.07) is 26.1. The number of fused-ring (bicyclic) bond motifs is 3. The molecule has 3 aromatic carbocycles. The fourth-order valence-electron chi connectivity index (χ4n) is 4.01. The first-order chi connectivity index (χ1) is 13.7. The van der Waals surface area contributed by atoms with Crippen LogP contribution in [0.15, 0.2) is 72.8 Å². The molecule has 0 aliphatic heterocycles.